The molecule has 106 valence electrons. The zero-order valence-corrected chi connectivity index (χ0v) is 12.1. The van der Waals surface area contributed by atoms with Gasteiger partial charge in [-0.3, -0.25) is 4.90 Å². The van der Waals surface area contributed by atoms with Crippen molar-refractivity contribution in [2.75, 3.05) is 31.1 Å². The molecule has 0 spiro atoms. The molecule has 1 aliphatic rings. The largest absolute Gasteiger partial charge is 0.367 e. The minimum atomic E-state index is -0.159. The van der Waals surface area contributed by atoms with E-state index in [1.807, 2.05) is 19.1 Å². The van der Waals surface area contributed by atoms with Crippen molar-refractivity contribution >= 4 is 5.69 Å². The zero-order chi connectivity index (χ0) is 14.0. The summed E-state index contributed by atoms with van der Waals surface area (Å²) in [5, 5.41) is 0. The number of piperazine rings is 1. The molecule has 19 heavy (non-hydrogen) atoms. The highest BCUT2D eigenvalue weighted by Gasteiger charge is 2.21. The van der Waals surface area contributed by atoms with Crippen molar-refractivity contribution < 1.29 is 4.39 Å². The summed E-state index contributed by atoms with van der Waals surface area (Å²) < 4.78 is 14.1. The Kier molecular flexibility index (Phi) is 4.42. The van der Waals surface area contributed by atoms with E-state index >= 15 is 0 Å². The summed E-state index contributed by atoms with van der Waals surface area (Å²) >= 11 is 0. The second kappa shape index (κ2) is 5.88. The third-order valence-electron chi connectivity index (χ3n) is 3.88. The van der Waals surface area contributed by atoms with E-state index in [0.29, 0.717) is 11.7 Å². The van der Waals surface area contributed by atoms with Crippen LogP contribution in [0.5, 0.6) is 0 Å². The normalized spacial score (nSPS) is 18.9. The van der Waals surface area contributed by atoms with Crippen molar-refractivity contribution in [3.8, 4) is 0 Å². The third-order valence-corrected chi connectivity index (χ3v) is 3.88. The number of hydrogen-bond acceptors (Lipinski definition) is 3. The molecule has 1 aromatic rings. The maximum atomic E-state index is 14.1. The van der Waals surface area contributed by atoms with Crippen molar-refractivity contribution in [3.05, 3.63) is 29.6 Å². The van der Waals surface area contributed by atoms with Crippen molar-refractivity contribution in [1.29, 1.82) is 0 Å². The van der Waals surface area contributed by atoms with E-state index in [9.17, 15) is 4.39 Å². The minimum absolute atomic E-state index is 0.124. The van der Waals surface area contributed by atoms with Gasteiger partial charge in [0, 0.05) is 38.3 Å². The summed E-state index contributed by atoms with van der Waals surface area (Å²) in [6.07, 6.45) is 0. The Labute approximate surface area is 115 Å². The van der Waals surface area contributed by atoms with Crippen LogP contribution >= 0.6 is 0 Å². The summed E-state index contributed by atoms with van der Waals surface area (Å²) in [7, 11) is 0. The SMILES string of the molecule is CC(N)c1ccc(N2CCN(C(C)C)CC2)c(F)c1. The Hall–Kier alpha value is -1.13. The molecule has 0 bridgehead atoms. The van der Waals surface area contributed by atoms with E-state index in [1.165, 1.54) is 0 Å². The minimum Gasteiger partial charge on any atom is -0.367 e. The highest BCUT2D eigenvalue weighted by atomic mass is 19.1. The first-order valence-corrected chi connectivity index (χ1v) is 7.03. The number of rotatable bonds is 3. The van der Waals surface area contributed by atoms with Gasteiger partial charge in [0.15, 0.2) is 0 Å². The number of benzene rings is 1. The van der Waals surface area contributed by atoms with Gasteiger partial charge in [-0.15, -0.1) is 0 Å². The average Bonchev–Trinajstić information content (AvgIpc) is 2.38. The Morgan fingerprint density at radius 2 is 1.74 bits per heavy atom. The smallest absolute Gasteiger partial charge is 0.146 e. The van der Waals surface area contributed by atoms with E-state index in [4.69, 9.17) is 5.73 Å². The fourth-order valence-corrected chi connectivity index (χ4v) is 2.54. The second-order valence-electron chi connectivity index (χ2n) is 5.62. The van der Waals surface area contributed by atoms with Gasteiger partial charge < -0.3 is 10.6 Å². The molecule has 0 radical (unpaired) electrons. The molecule has 0 saturated carbocycles. The van der Waals surface area contributed by atoms with Gasteiger partial charge in [0.05, 0.1) is 5.69 Å². The highest BCUT2D eigenvalue weighted by Crippen LogP contribution is 2.24. The Morgan fingerprint density at radius 3 is 2.21 bits per heavy atom. The van der Waals surface area contributed by atoms with Gasteiger partial charge in [-0.2, -0.15) is 0 Å². The predicted molar refractivity (Wildman–Crippen MR) is 77.9 cm³/mol. The molecule has 1 unspecified atom stereocenters. The van der Waals surface area contributed by atoms with Crippen molar-refractivity contribution in [2.24, 2.45) is 5.73 Å². The number of nitrogens with two attached hydrogens (primary N) is 1. The summed E-state index contributed by atoms with van der Waals surface area (Å²) in [4.78, 5) is 4.55. The lowest BCUT2D eigenvalue weighted by molar-refractivity contribution is 0.209. The molecule has 2 rings (SSSR count). The Bertz CT molecular complexity index is 423. The first-order valence-electron chi connectivity index (χ1n) is 7.03. The molecule has 2 N–H and O–H groups in total. The number of hydrogen-bond donors (Lipinski definition) is 1. The van der Waals surface area contributed by atoms with Crippen LogP contribution in [0.1, 0.15) is 32.4 Å². The van der Waals surface area contributed by atoms with Gasteiger partial charge in [0.25, 0.3) is 0 Å². The molecule has 1 aliphatic heterocycles. The van der Waals surface area contributed by atoms with Gasteiger partial charge in [-0.1, -0.05) is 6.07 Å². The molecule has 1 heterocycles. The monoisotopic (exact) mass is 265 g/mol. The van der Waals surface area contributed by atoms with Gasteiger partial charge >= 0.3 is 0 Å². The first kappa shape index (κ1) is 14.3. The second-order valence-corrected chi connectivity index (χ2v) is 5.62. The summed E-state index contributed by atoms with van der Waals surface area (Å²) in [6.45, 7) is 10.0. The summed E-state index contributed by atoms with van der Waals surface area (Å²) in [5.41, 5.74) is 7.33. The van der Waals surface area contributed by atoms with Crippen LogP contribution < -0.4 is 10.6 Å². The average molecular weight is 265 g/mol. The van der Waals surface area contributed by atoms with E-state index in [1.54, 1.807) is 6.07 Å². The van der Waals surface area contributed by atoms with Crippen molar-refractivity contribution in [2.45, 2.75) is 32.9 Å². The molecular weight excluding hydrogens is 241 g/mol. The summed E-state index contributed by atoms with van der Waals surface area (Å²) in [6, 6.07) is 5.79. The molecule has 1 fully saturated rings. The molecule has 1 saturated heterocycles. The van der Waals surface area contributed by atoms with Crippen LogP contribution in [0.4, 0.5) is 10.1 Å². The fourth-order valence-electron chi connectivity index (χ4n) is 2.54. The van der Waals surface area contributed by atoms with E-state index in [2.05, 4.69) is 23.6 Å². The van der Waals surface area contributed by atoms with E-state index in [-0.39, 0.29) is 11.9 Å². The van der Waals surface area contributed by atoms with Gasteiger partial charge in [-0.25, -0.2) is 4.39 Å². The van der Waals surface area contributed by atoms with Crippen molar-refractivity contribution in [3.63, 3.8) is 0 Å². The number of halogens is 1. The maximum Gasteiger partial charge on any atom is 0.146 e. The van der Waals surface area contributed by atoms with E-state index < -0.39 is 0 Å². The molecule has 1 atom stereocenters. The van der Waals surface area contributed by atoms with Crippen LogP contribution in [0.2, 0.25) is 0 Å². The molecule has 3 nitrogen and oxygen atoms in total. The standard InChI is InChI=1S/C15H24FN3/c1-11(2)18-6-8-19(9-7-18)15-5-4-13(12(3)17)10-14(15)16/h4-5,10-12H,6-9,17H2,1-3H3. The Morgan fingerprint density at radius 1 is 1.11 bits per heavy atom. The van der Waals surface area contributed by atoms with Gasteiger partial charge in [-0.05, 0) is 38.5 Å². The summed E-state index contributed by atoms with van der Waals surface area (Å²) in [5.74, 6) is -0.159. The molecule has 0 aliphatic carbocycles. The van der Waals surface area contributed by atoms with Crippen LogP contribution in [-0.4, -0.2) is 37.1 Å². The zero-order valence-electron chi connectivity index (χ0n) is 12.1. The van der Waals surface area contributed by atoms with Crippen LogP contribution in [0.3, 0.4) is 0 Å². The van der Waals surface area contributed by atoms with Crippen LogP contribution in [-0.2, 0) is 0 Å². The quantitative estimate of drug-likeness (QED) is 0.910. The molecule has 4 heteroatoms. The fraction of sp³-hybridized carbons (Fsp3) is 0.600. The van der Waals surface area contributed by atoms with Crippen molar-refractivity contribution in [1.82, 2.24) is 4.90 Å². The topological polar surface area (TPSA) is 32.5 Å². The molecular formula is C15H24FN3. The predicted octanol–water partition coefficient (Wildman–Crippen LogP) is 2.38. The van der Waals surface area contributed by atoms with Crippen LogP contribution in [0.15, 0.2) is 18.2 Å². The lowest BCUT2D eigenvalue weighted by atomic mass is 10.1. The van der Waals surface area contributed by atoms with E-state index in [0.717, 1.165) is 31.7 Å². The van der Waals surface area contributed by atoms with Gasteiger partial charge in [0.2, 0.25) is 0 Å². The third kappa shape index (κ3) is 3.25. The Balaban J connectivity index is 2.07. The first-order chi connectivity index (χ1) is 8.99. The highest BCUT2D eigenvalue weighted by molar-refractivity contribution is 5.50. The molecule has 0 aromatic heterocycles. The van der Waals surface area contributed by atoms with Gasteiger partial charge in [0.1, 0.15) is 5.82 Å². The molecule has 1 aromatic carbocycles. The lowest BCUT2D eigenvalue weighted by Crippen LogP contribution is -2.49. The number of nitrogens with zero attached hydrogens (tertiary/aromatic N) is 2. The number of anilines is 1. The molecule has 0 amide bonds. The maximum absolute atomic E-state index is 14.1. The van der Waals surface area contributed by atoms with Crippen LogP contribution in [0, 0.1) is 5.82 Å². The van der Waals surface area contributed by atoms with Crippen LogP contribution in [0.25, 0.3) is 0 Å². The lowest BCUT2D eigenvalue weighted by Gasteiger charge is -2.38.